The SMILES string of the molecule is O=C(CCCOc1ccc(Cl)cc1Cl)NNC(=O)C[C@@H]1Sc2ccccc2NC1=O. The molecule has 30 heavy (non-hydrogen) atoms. The van der Waals surface area contributed by atoms with Crippen molar-refractivity contribution in [3.8, 4) is 5.75 Å². The van der Waals surface area contributed by atoms with E-state index >= 15 is 0 Å². The van der Waals surface area contributed by atoms with Crippen molar-refractivity contribution >= 4 is 58.4 Å². The summed E-state index contributed by atoms with van der Waals surface area (Å²) in [5, 5.41) is 3.12. The van der Waals surface area contributed by atoms with Crippen molar-refractivity contribution in [2.75, 3.05) is 11.9 Å². The number of anilines is 1. The van der Waals surface area contributed by atoms with Crippen LogP contribution in [-0.2, 0) is 14.4 Å². The molecule has 1 heterocycles. The maximum atomic E-state index is 12.1. The van der Waals surface area contributed by atoms with E-state index in [1.807, 2.05) is 18.2 Å². The molecular weight excluding hydrogens is 449 g/mol. The average molecular weight is 468 g/mol. The van der Waals surface area contributed by atoms with Crippen molar-refractivity contribution < 1.29 is 19.1 Å². The standard InChI is InChI=1S/C20H19Cl2N3O4S/c21-12-7-8-15(13(22)10-12)29-9-3-6-18(26)24-25-19(27)11-17-20(28)23-14-4-1-2-5-16(14)30-17/h1-2,4-5,7-8,10,17H,3,6,9,11H2,(H,23,28)(H,24,26)(H,25,27)/t17-/m0/s1. The first kappa shape index (κ1) is 22.3. The molecule has 0 fully saturated rings. The largest absolute Gasteiger partial charge is 0.492 e. The summed E-state index contributed by atoms with van der Waals surface area (Å²) in [4.78, 5) is 37.0. The molecule has 7 nitrogen and oxygen atoms in total. The van der Waals surface area contributed by atoms with Crippen molar-refractivity contribution in [3.63, 3.8) is 0 Å². The quantitative estimate of drug-likeness (QED) is 0.424. The van der Waals surface area contributed by atoms with Gasteiger partial charge in [-0.3, -0.25) is 25.2 Å². The Hall–Kier alpha value is -2.42. The molecule has 0 aromatic heterocycles. The molecule has 3 rings (SSSR count). The van der Waals surface area contributed by atoms with Gasteiger partial charge in [0.25, 0.3) is 0 Å². The highest BCUT2D eigenvalue weighted by Crippen LogP contribution is 2.36. The summed E-state index contributed by atoms with van der Waals surface area (Å²) in [6.45, 7) is 0.279. The number of ether oxygens (including phenoxy) is 1. The normalized spacial score (nSPS) is 15.0. The van der Waals surface area contributed by atoms with Crippen LogP contribution in [0.4, 0.5) is 5.69 Å². The summed E-state index contributed by atoms with van der Waals surface area (Å²) in [6.07, 6.45) is 0.527. The second kappa shape index (κ2) is 10.6. The second-order valence-electron chi connectivity index (χ2n) is 6.42. The molecule has 0 unspecified atom stereocenters. The summed E-state index contributed by atoms with van der Waals surface area (Å²) < 4.78 is 5.50. The zero-order chi connectivity index (χ0) is 21.5. The van der Waals surface area contributed by atoms with E-state index in [1.165, 1.54) is 11.8 Å². The monoisotopic (exact) mass is 467 g/mol. The molecule has 0 saturated heterocycles. The van der Waals surface area contributed by atoms with Crippen LogP contribution in [0.2, 0.25) is 10.0 Å². The number of halogens is 2. The molecule has 0 aliphatic carbocycles. The molecule has 10 heteroatoms. The summed E-state index contributed by atoms with van der Waals surface area (Å²) in [6, 6.07) is 12.3. The van der Waals surface area contributed by atoms with Gasteiger partial charge in [-0.05, 0) is 36.8 Å². The van der Waals surface area contributed by atoms with Crippen LogP contribution in [0.25, 0.3) is 0 Å². The van der Waals surface area contributed by atoms with Crippen LogP contribution in [0, 0.1) is 0 Å². The van der Waals surface area contributed by atoms with E-state index < -0.39 is 11.2 Å². The lowest BCUT2D eigenvalue weighted by Gasteiger charge is -2.23. The lowest BCUT2D eigenvalue weighted by atomic mass is 10.2. The molecule has 1 aliphatic heterocycles. The van der Waals surface area contributed by atoms with E-state index in [0.29, 0.717) is 22.2 Å². The highest BCUT2D eigenvalue weighted by atomic mass is 35.5. The molecule has 0 bridgehead atoms. The highest BCUT2D eigenvalue weighted by Gasteiger charge is 2.28. The van der Waals surface area contributed by atoms with Gasteiger partial charge in [0.1, 0.15) is 5.75 Å². The highest BCUT2D eigenvalue weighted by molar-refractivity contribution is 8.01. The van der Waals surface area contributed by atoms with Gasteiger partial charge < -0.3 is 10.1 Å². The van der Waals surface area contributed by atoms with E-state index in [9.17, 15) is 14.4 Å². The summed E-state index contributed by atoms with van der Waals surface area (Å²) >= 11 is 13.2. The third-order valence-corrected chi connectivity index (χ3v) is 5.92. The molecule has 2 aromatic carbocycles. The molecule has 0 radical (unpaired) electrons. The minimum atomic E-state index is -0.561. The van der Waals surface area contributed by atoms with E-state index in [1.54, 1.807) is 24.3 Å². The smallest absolute Gasteiger partial charge is 0.240 e. The number of carbonyl (C=O) groups is 3. The fourth-order valence-corrected chi connectivity index (χ4v) is 4.23. The van der Waals surface area contributed by atoms with Crippen LogP contribution < -0.4 is 20.9 Å². The van der Waals surface area contributed by atoms with Crippen LogP contribution in [-0.4, -0.2) is 29.6 Å². The number of thioether (sulfide) groups is 1. The van der Waals surface area contributed by atoms with Gasteiger partial charge in [-0.25, -0.2) is 0 Å². The van der Waals surface area contributed by atoms with Crippen LogP contribution in [0.1, 0.15) is 19.3 Å². The molecule has 1 atom stereocenters. The second-order valence-corrected chi connectivity index (χ2v) is 8.51. The fraction of sp³-hybridized carbons (Fsp3) is 0.250. The Morgan fingerprint density at radius 3 is 2.67 bits per heavy atom. The van der Waals surface area contributed by atoms with Crippen molar-refractivity contribution in [1.29, 1.82) is 0 Å². The van der Waals surface area contributed by atoms with E-state index in [0.717, 1.165) is 10.6 Å². The van der Waals surface area contributed by atoms with Crippen LogP contribution in [0.5, 0.6) is 5.75 Å². The Balaban J connectivity index is 1.34. The maximum absolute atomic E-state index is 12.1. The number of para-hydroxylation sites is 1. The van der Waals surface area contributed by atoms with Gasteiger partial charge >= 0.3 is 0 Å². The third-order valence-electron chi connectivity index (χ3n) is 4.12. The van der Waals surface area contributed by atoms with Gasteiger partial charge in [-0.2, -0.15) is 0 Å². The first-order valence-corrected chi connectivity index (χ1v) is 10.8. The number of carbonyl (C=O) groups excluding carboxylic acids is 3. The number of hydrogen-bond donors (Lipinski definition) is 3. The molecule has 1 aliphatic rings. The van der Waals surface area contributed by atoms with E-state index in [-0.39, 0.29) is 31.3 Å². The van der Waals surface area contributed by atoms with Gasteiger partial charge in [0.2, 0.25) is 17.7 Å². The Morgan fingerprint density at radius 1 is 1.10 bits per heavy atom. The number of benzene rings is 2. The number of rotatable bonds is 7. The van der Waals surface area contributed by atoms with Gasteiger partial charge in [-0.15, -0.1) is 11.8 Å². The maximum Gasteiger partial charge on any atom is 0.240 e. The topological polar surface area (TPSA) is 96.5 Å². The van der Waals surface area contributed by atoms with Crippen LogP contribution in [0.3, 0.4) is 0 Å². The lowest BCUT2D eigenvalue weighted by molar-refractivity contribution is -0.129. The fourth-order valence-electron chi connectivity index (χ4n) is 2.66. The van der Waals surface area contributed by atoms with Gasteiger partial charge in [-0.1, -0.05) is 35.3 Å². The van der Waals surface area contributed by atoms with E-state index in [4.69, 9.17) is 27.9 Å². The summed E-state index contributed by atoms with van der Waals surface area (Å²) in [5.41, 5.74) is 5.42. The predicted octanol–water partition coefficient (Wildman–Crippen LogP) is 3.80. The van der Waals surface area contributed by atoms with Crippen molar-refractivity contribution in [2.24, 2.45) is 0 Å². The zero-order valence-electron chi connectivity index (χ0n) is 15.7. The van der Waals surface area contributed by atoms with Crippen LogP contribution in [0.15, 0.2) is 47.4 Å². The minimum absolute atomic E-state index is 0.0523. The predicted molar refractivity (Wildman–Crippen MR) is 117 cm³/mol. The molecule has 0 saturated carbocycles. The minimum Gasteiger partial charge on any atom is -0.492 e. The Morgan fingerprint density at radius 2 is 1.87 bits per heavy atom. The summed E-state index contributed by atoms with van der Waals surface area (Å²) in [7, 11) is 0. The molecule has 3 N–H and O–H groups in total. The van der Waals surface area contributed by atoms with Gasteiger partial charge in [0.05, 0.1) is 22.6 Å². The Labute approximate surface area is 187 Å². The number of amides is 3. The summed E-state index contributed by atoms with van der Waals surface area (Å²) in [5.74, 6) is -0.558. The van der Waals surface area contributed by atoms with Gasteiger partial charge in [0.15, 0.2) is 0 Å². The molecule has 0 spiro atoms. The van der Waals surface area contributed by atoms with Crippen molar-refractivity contribution in [1.82, 2.24) is 10.9 Å². The van der Waals surface area contributed by atoms with Crippen molar-refractivity contribution in [3.05, 3.63) is 52.5 Å². The zero-order valence-corrected chi connectivity index (χ0v) is 18.1. The average Bonchev–Trinajstić information content (AvgIpc) is 2.71. The molecule has 2 aromatic rings. The Kier molecular flexibility index (Phi) is 7.84. The number of fused-ring (bicyclic) bond motifs is 1. The lowest BCUT2D eigenvalue weighted by Crippen LogP contribution is -2.44. The first-order valence-electron chi connectivity index (χ1n) is 9.14. The number of hydrogen-bond acceptors (Lipinski definition) is 5. The number of nitrogens with one attached hydrogen (secondary N) is 3. The molecule has 3 amide bonds. The van der Waals surface area contributed by atoms with E-state index in [2.05, 4.69) is 16.2 Å². The van der Waals surface area contributed by atoms with Crippen LogP contribution >= 0.6 is 35.0 Å². The number of hydrazine groups is 1. The first-order chi connectivity index (χ1) is 14.4. The van der Waals surface area contributed by atoms with Crippen molar-refractivity contribution in [2.45, 2.75) is 29.4 Å². The third kappa shape index (κ3) is 6.29. The Bertz CT molecular complexity index is 957. The molecular formula is C20H19Cl2N3O4S. The molecule has 158 valence electrons. The van der Waals surface area contributed by atoms with Gasteiger partial charge in [0, 0.05) is 22.8 Å².